The molecule has 2 N–H and O–H groups in total. The predicted molar refractivity (Wildman–Crippen MR) is 112 cm³/mol. The summed E-state index contributed by atoms with van der Waals surface area (Å²) in [4.78, 5) is 4.64. The highest BCUT2D eigenvalue weighted by Crippen LogP contribution is 2.30. The number of methoxy groups -OCH3 is 1. The smallest absolute Gasteiger partial charge is 0.195 e. The maximum Gasteiger partial charge on any atom is 0.195 e. The maximum atomic E-state index is 5.65. The van der Waals surface area contributed by atoms with Crippen molar-refractivity contribution in [2.45, 2.75) is 26.7 Å². The van der Waals surface area contributed by atoms with Gasteiger partial charge in [0, 0.05) is 44.5 Å². The Labute approximate surface area is 167 Å². The number of ether oxygens (including phenoxy) is 3. The molecule has 2 rings (SSSR count). The Balaban J connectivity index is 2.00. The van der Waals surface area contributed by atoms with E-state index in [2.05, 4.69) is 15.6 Å². The van der Waals surface area contributed by atoms with E-state index in [0.717, 1.165) is 30.9 Å². The topological polar surface area (TPSA) is 77.2 Å². The quantitative estimate of drug-likeness (QED) is 0.327. The molecule has 0 aliphatic carbocycles. The van der Waals surface area contributed by atoms with Crippen LogP contribution in [0.15, 0.2) is 46.0 Å². The van der Waals surface area contributed by atoms with E-state index in [1.165, 1.54) is 0 Å². The SMILES string of the molecule is CCOCCCN=C(NCCc1ccco1)Nc1ccc(OC)c(OCC)c1. The second kappa shape index (κ2) is 12.7. The van der Waals surface area contributed by atoms with Crippen LogP contribution in [-0.2, 0) is 11.2 Å². The van der Waals surface area contributed by atoms with Gasteiger partial charge in [0.1, 0.15) is 5.76 Å². The largest absolute Gasteiger partial charge is 0.493 e. The first-order valence-electron chi connectivity index (χ1n) is 9.73. The molecule has 2 aromatic rings. The van der Waals surface area contributed by atoms with Crippen LogP contribution < -0.4 is 20.1 Å². The number of furan rings is 1. The number of hydrogen-bond acceptors (Lipinski definition) is 5. The van der Waals surface area contributed by atoms with Gasteiger partial charge in [-0.05, 0) is 44.5 Å². The summed E-state index contributed by atoms with van der Waals surface area (Å²) in [7, 11) is 1.63. The molecule has 0 saturated heterocycles. The fourth-order valence-corrected chi connectivity index (χ4v) is 2.56. The molecule has 0 unspecified atom stereocenters. The van der Waals surface area contributed by atoms with Crippen molar-refractivity contribution in [2.24, 2.45) is 4.99 Å². The van der Waals surface area contributed by atoms with Crippen molar-refractivity contribution < 1.29 is 18.6 Å². The second-order valence-corrected chi connectivity index (χ2v) is 5.96. The summed E-state index contributed by atoms with van der Waals surface area (Å²) in [6.45, 7) is 7.31. The minimum absolute atomic E-state index is 0.569. The van der Waals surface area contributed by atoms with E-state index < -0.39 is 0 Å². The van der Waals surface area contributed by atoms with Crippen LogP contribution in [0.4, 0.5) is 5.69 Å². The number of anilines is 1. The van der Waals surface area contributed by atoms with Gasteiger partial charge >= 0.3 is 0 Å². The van der Waals surface area contributed by atoms with Gasteiger partial charge < -0.3 is 29.3 Å². The first-order chi connectivity index (χ1) is 13.8. The van der Waals surface area contributed by atoms with Gasteiger partial charge in [-0.1, -0.05) is 0 Å². The van der Waals surface area contributed by atoms with Crippen molar-refractivity contribution in [3.63, 3.8) is 0 Å². The fraction of sp³-hybridized carbons (Fsp3) is 0.476. The Bertz CT molecular complexity index is 702. The summed E-state index contributed by atoms with van der Waals surface area (Å²) in [5, 5.41) is 6.68. The third kappa shape index (κ3) is 7.52. The van der Waals surface area contributed by atoms with Gasteiger partial charge in [0.2, 0.25) is 0 Å². The van der Waals surface area contributed by atoms with Crippen molar-refractivity contribution >= 4 is 11.6 Å². The average molecular weight is 389 g/mol. The van der Waals surface area contributed by atoms with E-state index >= 15 is 0 Å². The summed E-state index contributed by atoms with van der Waals surface area (Å²) in [6, 6.07) is 9.58. The molecule has 154 valence electrons. The molecule has 7 heteroatoms. The molecule has 0 bridgehead atoms. The van der Waals surface area contributed by atoms with Gasteiger partial charge in [0.15, 0.2) is 17.5 Å². The first kappa shape index (κ1) is 21.6. The van der Waals surface area contributed by atoms with Crippen LogP contribution in [-0.4, -0.2) is 46.0 Å². The average Bonchev–Trinajstić information content (AvgIpc) is 3.21. The highest BCUT2D eigenvalue weighted by atomic mass is 16.5. The fourth-order valence-electron chi connectivity index (χ4n) is 2.56. The van der Waals surface area contributed by atoms with E-state index in [1.54, 1.807) is 13.4 Å². The van der Waals surface area contributed by atoms with Gasteiger partial charge in [-0.3, -0.25) is 4.99 Å². The van der Waals surface area contributed by atoms with Crippen molar-refractivity contribution in [3.8, 4) is 11.5 Å². The van der Waals surface area contributed by atoms with Crippen LogP contribution in [0.25, 0.3) is 0 Å². The Morgan fingerprint density at radius 1 is 1.14 bits per heavy atom. The van der Waals surface area contributed by atoms with Gasteiger partial charge in [0.25, 0.3) is 0 Å². The predicted octanol–water partition coefficient (Wildman–Crippen LogP) is 3.71. The first-order valence-corrected chi connectivity index (χ1v) is 9.73. The molecule has 0 radical (unpaired) electrons. The Kier molecular flexibility index (Phi) is 9.79. The zero-order valence-corrected chi connectivity index (χ0v) is 17.0. The van der Waals surface area contributed by atoms with E-state index in [4.69, 9.17) is 18.6 Å². The standard InChI is InChI=1S/C21H31N3O4/c1-4-26-14-7-12-22-21(23-13-11-18-8-6-15-28-18)24-17-9-10-19(25-3)20(16-17)27-5-2/h6,8-10,15-16H,4-5,7,11-14H2,1-3H3,(H2,22,23,24). The Morgan fingerprint density at radius 2 is 2.04 bits per heavy atom. The molecule has 0 aliphatic rings. The number of benzene rings is 1. The lowest BCUT2D eigenvalue weighted by molar-refractivity contribution is 0.146. The van der Waals surface area contributed by atoms with Gasteiger partial charge in [-0.15, -0.1) is 0 Å². The lowest BCUT2D eigenvalue weighted by Crippen LogP contribution is -2.32. The third-order valence-corrected chi connectivity index (χ3v) is 3.89. The maximum absolute atomic E-state index is 5.65. The summed E-state index contributed by atoms with van der Waals surface area (Å²) >= 11 is 0. The Morgan fingerprint density at radius 3 is 2.75 bits per heavy atom. The van der Waals surface area contributed by atoms with Crippen LogP contribution in [0.3, 0.4) is 0 Å². The Hall–Kier alpha value is -2.67. The van der Waals surface area contributed by atoms with E-state index in [-0.39, 0.29) is 0 Å². The van der Waals surface area contributed by atoms with Crippen molar-refractivity contribution in [2.75, 3.05) is 45.3 Å². The van der Waals surface area contributed by atoms with Crippen LogP contribution in [0.2, 0.25) is 0 Å². The van der Waals surface area contributed by atoms with Crippen LogP contribution in [0.1, 0.15) is 26.0 Å². The summed E-state index contributed by atoms with van der Waals surface area (Å²) in [6.07, 6.45) is 3.33. The van der Waals surface area contributed by atoms with Crippen molar-refractivity contribution in [3.05, 3.63) is 42.4 Å². The van der Waals surface area contributed by atoms with E-state index in [0.29, 0.717) is 43.8 Å². The highest BCUT2D eigenvalue weighted by Gasteiger charge is 2.07. The number of rotatable bonds is 12. The molecule has 0 spiro atoms. The second-order valence-electron chi connectivity index (χ2n) is 5.96. The number of guanidine groups is 1. The molecular formula is C21H31N3O4. The number of nitrogens with zero attached hydrogens (tertiary/aromatic N) is 1. The lowest BCUT2D eigenvalue weighted by Gasteiger charge is -2.15. The lowest BCUT2D eigenvalue weighted by atomic mass is 10.2. The molecule has 1 aromatic carbocycles. The van der Waals surface area contributed by atoms with Crippen molar-refractivity contribution in [1.29, 1.82) is 0 Å². The summed E-state index contributed by atoms with van der Waals surface area (Å²) in [5.41, 5.74) is 0.873. The minimum Gasteiger partial charge on any atom is -0.493 e. The van der Waals surface area contributed by atoms with Crippen LogP contribution >= 0.6 is 0 Å². The van der Waals surface area contributed by atoms with Gasteiger partial charge in [-0.2, -0.15) is 0 Å². The zero-order valence-electron chi connectivity index (χ0n) is 17.0. The normalized spacial score (nSPS) is 11.3. The molecular weight excluding hydrogens is 358 g/mol. The van der Waals surface area contributed by atoms with Gasteiger partial charge in [0.05, 0.1) is 20.0 Å². The molecule has 0 fully saturated rings. The van der Waals surface area contributed by atoms with E-state index in [1.807, 2.05) is 44.2 Å². The van der Waals surface area contributed by atoms with Gasteiger partial charge in [-0.25, -0.2) is 0 Å². The minimum atomic E-state index is 0.569. The molecule has 0 aliphatic heterocycles. The number of hydrogen-bond donors (Lipinski definition) is 2. The molecule has 7 nitrogen and oxygen atoms in total. The molecule has 0 atom stereocenters. The number of nitrogens with one attached hydrogen (secondary N) is 2. The molecule has 1 heterocycles. The monoisotopic (exact) mass is 389 g/mol. The van der Waals surface area contributed by atoms with Crippen molar-refractivity contribution in [1.82, 2.24) is 5.32 Å². The number of aliphatic imine (C=N–C) groups is 1. The molecule has 28 heavy (non-hydrogen) atoms. The van der Waals surface area contributed by atoms with E-state index in [9.17, 15) is 0 Å². The third-order valence-electron chi connectivity index (χ3n) is 3.89. The van der Waals surface area contributed by atoms with Crippen LogP contribution in [0.5, 0.6) is 11.5 Å². The summed E-state index contributed by atoms with van der Waals surface area (Å²) < 4.78 is 21.8. The van der Waals surface area contributed by atoms with Crippen LogP contribution in [0, 0.1) is 0 Å². The summed E-state index contributed by atoms with van der Waals surface area (Å²) in [5.74, 6) is 3.04. The highest BCUT2D eigenvalue weighted by molar-refractivity contribution is 5.93. The molecule has 0 saturated carbocycles. The molecule has 0 amide bonds. The zero-order chi connectivity index (χ0) is 20.0. The molecule has 1 aromatic heterocycles.